The van der Waals surface area contributed by atoms with E-state index in [4.69, 9.17) is 21.1 Å². The van der Waals surface area contributed by atoms with Gasteiger partial charge in [-0.1, -0.05) is 49.4 Å². The fourth-order valence-corrected chi connectivity index (χ4v) is 7.83. The van der Waals surface area contributed by atoms with Gasteiger partial charge < -0.3 is 19.3 Å². The second kappa shape index (κ2) is 15.8. The van der Waals surface area contributed by atoms with Crippen molar-refractivity contribution >= 4 is 17.5 Å². The molecule has 1 atom stereocenters. The van der Waals surface area contributed by atoms with Crippen molar-refractivity contribution in [2.75, 3.05) is 59.0 Å². The average Bonchev–Trinajstić information content (AvgIpc) is 3.27. The first-order chi connectivity index (χ1) is 21.4. The number of ether oxygens (including phenoxy) is 2. The molecular weight excluding hydrogens is 577 g/mol. The number of amides is 1. The average molecular weight is 628 g/mol. The van der Waals surface area contributed by atoms with Crippen LogP contribution in [0.4, 0.5) is 4.39 Å². The molecule has 1 amide bonds. The quantitative estimate of drug-likeness (QED) is 0.266. The van der Waals surface area contributed by atoms with Gasteiger partial charge in [0.25, 0.3) is 0 Å². The molecule has 0 radical (unpaired) electrons. The lowest BCUT2D eigenvalue weighted by Crippen LogP contribution is -2.52. The summed E-state index contributed by atoms with van der Waals surface area (Å²) in [6.45, 7) is 11.8. The molecule has 1 aliphatic carbocycles. The van der Waals surface area contributed by atoms with Crippen LogP contribution in [0.25, 0.3) is 0 Å². The maximum absolute atomic E-state index is 14.7. The van der Waals surface area contributed by atoms with E-state index in [-0.39, 0.29) is 23.3 Å². The van der Waals surface area contributed by atoms with Crippen molar-refractivity contribution in [1.82, 2.24) is 14.7 Å². The number of likely N-dealkylation sites (tertiary alicyclic amines) is 1. The van der Waals surface area contributed by atoms with Crippen LogP contribution < -0.4 is 9.47 Å². The Morgan fingerprint density at radius 3 is 2.41 bits per heavy atom. The summed E-state index contributed by atoms with van der Waals surface area (Å²) in [4.78, 5) is 21.1. The van der Waals surface area contributed by atoms with Crippen molar-refractivity contribution in [1.29, 1.82) is 0 Å². The molecule has 2 aromatic rings. The first-order valence-corrected chi connectivity index (χ1v) is 17.4. The normalized spacial score (nSPS) is 22.5. The van der Waals surface area contributed by atoms with E-state index in [1.165, 1.54) is 43.7 Å². The third kappa shape index (κ3) is 8.07. The van der Waals surface area contributed by atoms with Crippen LogP contribution in [0.5, 0.6) is 11.5 Å². The number of hydrogen-bond donors (Lipinski definition) is 0. The zero-order valence-corrected chi connectivity index (χ0v) is 27.6. The molecule has 0 aromatic heterocycles. The highest BCUT2D eigenvalue weighted by molar-refractivity contribution is 6.31. The third-order valence-corrected chi connectivity index (χ3v) is 10.5. The Kier molecular flexibility index (Phi) is 11.8. The fourth-order valence-electron chi connectivity index (χ4n) is 7.60. The molecule has 6 nitrogen and oxygen atoms in total. The summed E-state index contributed by atoms with van der Waals surface area (Å²) < 4.78 is 26.6. The van der Waals surface area contributed by atoms with Gasteiger partial charge in [-0.25, -0.2) is 4.39 Å². The van der Waals surface area contributed by atoms with Crippen LogP contribution in [0.3, 0.4) is 0 Å². The van der Waals surface area contributed by atoms with Gasteiger partial charge in [0.2, 0.25) is 5.91 Å². The molecule has 2 saturated heterocycles. The maximum atomic E-state index is 14.7. The smallest absolute Gasteiger partial charge is 0.227 e. The van der Waals surface area contributed by atoms with Crippen molar-refractivity contribution in [3.63, 3.8) is 0 Å². The fraction of sp³-hybridized carbons (Fsp3) is 0.639. The maximum Gasteiger partial charge on any atom is 0.227 e. The molecule has 2 aliphatic heterocycles. The number of hydrogen-bond acceptors (Lipinski definition) is 5. The predicted molar refractivity (Wildman–Crippen MR) is 176 cm³/mol. The van der Waals surface area contributed by atoms with Crippen LogP contribution in [0, 0.1) is 5.82 Å². The molecule has 2 aromatic carbocycles. The van der Waals surface area contributed by atoms with Gasteiger partial charge in [0.05, 0.1) is 19.6 Å². The molecule has 1 saturated carbocycles. The van der Waals surface area contributed by atoms with Gasteiger partial charge >= 0.3 is 0 Å². The van der Waals surface area contributed by atoms with E-state index in [0.29, 0.717) is 31.3 Å². The van der Waals surface area contributed by atoms with E-state index in [1.54, 1.807) is 12.1 Å². The Morgan fingerprint density at radius 1 is 0.932 bits per heavy atom. The van der Waals surface area contributed by atoms with Crippen molar-refractivity contribution in [3.8, 4) is 11.5 Å². The summed E-state index contributed by atoms with van der Waals surface area (Å²) in [5.74, 6) is 1.02. The van der Waals surface area contributed by atoms with Crippen molar-refractivity contribution in [3.05, 3.63) is 58.4 Å². The topological polar surface area (TPSA) is 45.2 Å². The van der Waals surface area contributed by atoms with Crippen LogP contribution in [0.2, 0.25) is 5.02 Å². The molecule has 2 heterocycles. The molecule has 3 fully saturated rings. The van der Waals surface area contributed by atoms with Crippen LogP contribution in [0.1, 0.15) is 82.8 Å². The van der Waals surface area contributed by atoms with E-state index in [9.17, 15) is 9.18 Å². The molecule has 0 unspecified atom stereocenters. The summed E-state index contributed by atoms with van der Waals surface area (Å²) in [6, 6.07) is 11.7. The van der Waals surface area contributed by atoms with E-state index >= 15 is 0 Å². The van der Waals surface area contributed by atoms with Crippen LogP contribution in [0.15, 0.2) is 36.4 Å². The number of nitrogens with zero attached hydrogens (tertiary/aromatic N) is 3. The largest absolute Gasteiger partial charge is 0.490 e. The summed E-state index contributed by atoms with van der Waals surface area (Å²) in [5, 5.41) is 0.305. The number of benzene rings is 2. The second-order valence-electron chi connectivity index (χ2n) is 12.9. The molecule has 0 spiro atoms. The van der Waals surface area contributed by atoms with Crippen molar-refractivity contribution < 1.29 is 18.7 Å². The lowest BCUT2D eigenvalue weighted by atomic mass is 9.73. The minimum Gasteiger partial charge on any atom is -0.490 e. The lowest BCUT2D eigenvalue weighted by Gasteiger charge is -2.43. The number of piperazine rings is 1. The van der Waals surface area contributed by atoms with Gasteiger partial charge in [-0.15, -0.1) is 0 Å². The standard InChI is InChI=1S/C36H51ClFN3O3/c1-3-43-33-16-15-28(25-34(33)44-4-2)36(18-20-39-21-23-40(24-22-39)29-11-6-5-7-12-29)17-8-9-19-41(27-36)35(42)26-30-31(37)13-10-14-32(30)38/h10,13-16,25,29H,3-9,11-12,17-24,26-27H2,1-2H3/t36-/m1/s1. The van der Waals surface area contributed by atoms with Crippen molar-refractivity contribution in [2.45, 2.75) is 89.5 Å². The summed E-state index contributed by atoms with van der Waals surface area (Å²) in [6.07, 6.45) is 10.7. The van der Waals surface area contributed by atoms with Crippen molar-refractivity contribution in [2.24, 2.45) is 0 Å². The van der Waals surface area contributed by atoms with Gasteiger partial charge in [0.15, 0.2) is 11.5 Å². The zero-order valence-electron chi connectivity index (χ0n) is 26.8. The Bertz CT molecular complexity index is 1210. The Balaban J connectivity index is 1.37. The molecule has 0 bridgehead atoms. The Morgan fingerprint density at radius 2 is 1.68 bits per heavy atom. The Labute approximate surface area is 268 Å². The highest BCUT2D eigenvalue weighted by atomic mass is 35.5. The minimum atomic E-state index is -0.424. The third-order valence-electron chi connectivity index (χ3n) is 10.1. The lowest BCUT2D eigenvalue weighted by molar-refractivity contribution is -0.131. The second-order valence-corrected chi connectivity index (χ2v) is 13.3. The van der Waals surface area contributed by atoms with Crippen LogP contribution in [-0.4, -0.2) is 85.7 Å². The summed E-state index contributed by atoms with van der Waals surface area (Å²) in [7, 11) is 0. The van der Waals surface area contributed by atoms with E-state index < -0.39 is 5.82 Å². The number of carbonyl (C=O) groups is 1. The van der Waals surface area contributed by atoms with Gasteiger partial charge in [0, 0.05) is 61.3 Å². The summed E-state index contributed by atoms with van der Waals surface area (Å²) >= 11 is 6.33. The summed E-state index contributed by atoms with van der Waals surface area (Å²) in [5.41, 5.74) is 1.22. The number of halogens is 2. The van der Waals surface area contributed by atoms with Crippen LogP contribution in [-0.2, 0) is 16.6 Å². The van der Waals surface area contributed by atoms with Gasteiger partial charge in [-0.3, -0.25) is 9.69 Å². The molecule has 242 valence electrons. The first kappa shape index (κ1) is 33.0. The molecule has 0 N–H and O–H groups in total. The Hall–Kier alpha value is -2.35. The van der Waals surface area contributed by atoms with Gasteiger partial charge in [0.1, 0.15) is 5.82 Å². The monoisotopic (exact) mass is 627 g/mol. The number of rotatable bonds is 11. The zero-order chi connectivity index (χ0) is 30.9. The van der Waals surface area contributed by atoms with Gasteiger partial charge in [-0.2, -0.15) is 0 Å². The number of carbonyl (C=O) groups excluding carboxylic acids is 1. The van der Waals surface area contributed by atoms with Crippen LogP contribution >= 0.6 is 11.6 Å². The molecular formula is C36H51ClFN3O3. The first-order valence-electron chi connectivity index (χ1n) is 17.0. The van der Waals surface area contributed by atoms with E-state index in [0.717, 1.165) is 75.9 Å². The van der Waals surface area contributed by atoms with Gasteiger partial charge in [-0.05, 0) is 82.3 Å². The predicted octanol–water partition coefficient (Wildman–Crippen LogP) is 7.11. The highest BCUT2D eigenvalue weighted by Crippen LogP contribution is 2.41. The molecule has 8 heteroatoms. The SMILES string of the molecule is CCOc1ccc([C@@]2(CCN3CCN(C4CCCCC4)CC3)CCCCN(C(=O)Cc3c(F)cccc3Cl)C2)cc1OCC. The molecule has 44 heavy (non-hydrogen) atoms. The highest BCUT2D eigenvalue weighted by Gasteiger charge is 2.39. The van der Waals surface area contributed by atoms with E-state index in [1.807, 2.05) is 24.8 Å². The minimum absolute atomic E-state index is 0.0296. The molecule has 5 rings (SSSR count). The molecule has 3 aliphatic rings. The van der Waals surface area contributed by atoms with E-state index in [2.05, 4.69) is 21.9 Å².